The Bertz CT molecular complexity index is 770. The van der Waals surface area contributed by atoms with E-state index < -0.39 is 15.7 Å². The average Bonchev–Trinajstić information content (AvgIpc) is 2.77. The van der Waals surface area contributed by atoms with Crippen molar-refractivity contribution in [3.05, 3.63) is 11.9 Å². The van der Waals surface area contributed by atoms with Gasteiger partial charge in [0.15, 0.2) is 14.4 Å². The number of amides is 1. The SMILES string of the molecule is Cc1nc(NC(=O)CCl)sc1S(=O)(=O)c1cn2n1C2. The molecule has 0 saturated carbocycles. The van der Waals surface area contributed by atoms with E-state index in [1.165, 1.54) is 0 Å². The molecule has 3 rings (SSSR count). The van der Waals surface area contributed by atoms with Crippen molar-refractivity contribution in [2.75, 3.05) is 11.2 Å². The average molecular weight is 321 g/mol. The van der Waals surface area contributed by atoms with Crippen LogP contribution in [0.3, 0.4) is 0 Å². The number of rotatable bonds is 4. The number of anilines is 1. The minimum absolute atomic E-state index is 0.148. The predicted octanol–water partition coefficient (Wildman–Crippen LogP) is 0.884. The molecule has 0 saturated heterocycles. The second kappa shape index (κ2) is 4.09. The summed E-state index contributed by atoms with van der Waals surface area (Å²) < 4.78 is 28.2. The molecular weight excluding hydrogens is 312 g/mol. The van der Waals surface area contributed by atoms with E-state index in [1.54, 1.807) is 22.5 Å². The first-order valence-electron chi connectivity index (χ1n) is 5.27. The van der Waals surface area contributed by atoms with Crippen LogP contribution in [0.5, 0.6) is 0 Å². The van der Waals surface area contributed by atoms with Gasteiger partial charge in [-0.15, -0.1) is 11.6 Å². The number of hydrogen-bond donors (Lipinski definition) is 1. The van der Waals surface area contributed by atoms with Gasteiger partial charge >= 0.3 is 0 Å². The number of nitrogens with zero attached hydrogens (tertiary/aromatic N) is 3. The van der Waals surface area contributed by atoms with E-state index >= 15 is 0 Å². The second-order valence-electron chi connectivity index (χ2n) is 4.02. The smallest absolute Gasteiger partial charge is 0.241 e. The lowest BCUT2D eigenvalue weighted by molar-refractivity contribution is -0.113. The monoisotopic (exact) mass is 320 g/mol. The van der Waals surface area contributed by atoms with E-state index in [9.17, 15) is 13.2 Å². The fourth-order valence-electron chi connectivity index (χ4n) is 1.69. The van der Waals surface area contributed by atoms with Crippen molar-refractivity contribution in [3.8, 4) is 0 Å². The molecule has 1 aliphatic rings. The maximum Gasteiger partial charge on any atom is 0.241 e. The molecule has 0 bridgehead atoms. The first kappa shape index (κ1) is 12.7. The van der Waals surface area contributed by atoms with Crippen molar-refractivity contribution < 1.29 is 13.2 Å². The highest BCUT2D eigenvalue weighted by molar-refractivity contribution is 7.93. The van der Waals surface area contributed by atoms with Crippen LogP contribution in [0.4, 0.5) is 5.13 Å². The second-order valence-corrected chi connectivity index (χ2v) is 7.38. The molecule has 0 atom stereocenters. The molecule has 2 aromatic heterocycles. The lowest BCUT2D eigenvalue weighted by atomic mass is 10.6. The number of alkyl halides is 1. The Balaban J connectivity index is 1.94. The molecule has 102 valence electrons. The summed E-state index contributed by atoms with van der Waals surface area (Å²) in [5.74, 6) is -0.617. The van der Waals surface area contributed by atoms with Crippen LogP contribution in [0.25, 0.3) is 0 Å². The fourth-order valence-corrected chi connectivity index (χ4v) is 4.73. The molecule has 1 amide bonds. The summed E-state index contributed by atoms with van der Waals surface area (Å²) >= 11 is 6.30. The number of fused-ring (bicyclic) bond motifs is 1. The summed E-state index contributed by atoms with van der Waals surface area (Å²) in [5, 5.41) is 2.96. The maximum atomic E-state index is 12.3. The van der Waals surface area contributed by atoms with Crippen molar-refractivity contribution in [1.29, 1.82) is 0 Å². The Kier molecular flexibility index (Phi) is 2.73. The largest absolute Gasteiger partial charge is 0.301 e. The van der Waals surface area contributed by atoms with Crippen LogP contribution in [0, 0.1) is 6.92 Å². The fraction of sp³-hybridized carbons (Fsp3) is 0.333. The van der Waals surface area contributed by atoms with Gasteiger partial charge < -0.3 is 5.32 Å². The van der Waals surface area contributed by atoms with Crippen LogP contribution in [-0.4, -0.2) is 34.6 Å². The maximum absolute atomic E-state index is 12.3. The predicted molar refractivity (Wildman–Crippen MR) is 69.5 cm³/mol. The Morgan fingerprint density at radius 3 is 2.89 bits per heavy atom. The Hall–Kier alpha value is -1.32. The third kappa shape index (κ3) is 1.97. The molecule has 0 fully saturated rings. The van der Waals surface area contributed by atoms with Crippen molar-refractivity contribution in [2.24, 2.45) is 0 Å². The lowest BCUT2D eigenvalue weighted by Gasteiger charge is -2.03. The number of carbonyl (C=O) groups excluding carboxylic acids is 1. The first-order valence-corrected chi connectivity index (χ1v) is 8.11. The van der Waals surface area contributed by atoms with Crippen LogP contribution >= 0.6 is 22.9 Å². The van der Waals surface area contributed by atoms with Gasteiger partial charge in [-0.25, -0.2) is 18.1 Å². The Labute approximate surface area is 117 Å². The van der Waals surface area contributed by atoms with E-state index in [0.29, 0.717) is 12.4 Å². The molecule has 1 N–H and O–H groups in total. The number of sulfone groups is 1. The van der Waals surface area contributed by atoms with E-state index in [4.69, 9.17) is 11.6 Å². The third-order valence-electron chi connectivity index (χ3n) is 2.66. The molecule has 0 aliphatic carbocycles. The summed E-state index contributed by atoms with van der Waals surface area (Å²) in [5.41, 5.74) is 0.371. The topological polar surface area (TPSA) is 86.0 Å². The van der Waals surface area contributed by atoms with Crippen LogP contribution in [-0.2, 0) is 21.3 Å². The van der Waals surface area contributed by atoms with Gasteiger partial charge in [-0.1, -0.05) is 11.3 Å². The molecule has 3 heterocycles. The molecule has 10 heteroatoms. The lowest BCUT2D eigenvalue weighted by Crippen LogP contribution is -2.12. The molecule has 0 aromatic carbocycles. The summed E-state index contributed by atoms with van der Waals surface area (Å²) in [6.07, 6.45) is 1.57. The van der Waals surface area contributed by atoms with Gasteiger partial charge in [-0.3, -0.25) is 9.48 Å². The number of aromatic nitrogens is 3. The number of thiazole rings is 1. The van der Waals surface area contributed by atoms with Gasteiger partial charge in [0.25, 0.3) is 0 Å². The first-order chi connectivity index (χ1) is 8.93. The zero-order valence-electron chi connectivity index (χ0n) is 9.75. The molecule has 19 heavy (non-hydrogen) atoms. The minimum Gasteiger partial charge on any atom is -0.301 e. The van der Waals surface area contributed by atoms with Crippen LogP contribution < -0.4 is 5.32 Å². The number of aryl methyl sites for hydroxylation is 1. The number of carbonyl (C=O) groups is 1. The van der Waals surface area contributed by atoms with Gasteiger partial charge in [0.05, 0.1) is 11.9 Å². The van der Waals surface area contributed by atoms with Gasteiger partial charge in [-0.05, 0) is 6.92 Å². The van der Waals surface area contributed by atoms with Crippen LogP contribution in [0.15, 0.2) is 15.4 Å². The summed E-state index contributed by atoms with van der Waals surface area (Å²) in [7, 11) is -3.55. The molecule has 0 spiro atoms. The quantitative estimate of drug-likeness (QED) is 0.723. The summed E-state index contributed by atoms with van der Waals surface area (Å²) in [6, 6.07) is 0. The Morgan fingerprint density at radius 2 is 2.37 bits per heavy atom. The molecule has 7 nitrogen and oxygen atoms in total. The van der Waals surface area contributed by atoms with Crippen molar-refractivity contribution in [1.82, 2.24) is 14.3 Å². The van der Waals surface area contributed by atoms with Gasteiger partial charge in [-0.2, -0.15) is 0 Å². The molecule has 2 aromatic rings. The van der Waals surface area contributed by atoms with Crippen molar-refractivity contribution >= 4 is 43.8 Å². The molecule has 0 unspecified atom stereocenters. The molecule has 0 radical (unpaired) electrons. The van der Waals surface area contributed by atoms with E-state index in [2.05, 4.69) is 10.3 Å². The normalized spacial score (nSPS) is 13.4. The number of hydrogen-bond acceptors (Lipinski definition) is 5. The summed E-state index contributed by atoms with van der Waals surface area (Å²) in [6.45, 7) is 2.21. The van der Waals surface area contributed by atoms with Gasteiger partial charge in [0, 0.05) is 0 Å². The standard InChI is InChI=1S/C9H9ClN4O3S2/c1-5-8(18-9(11-5)12-6(15)2-10)19(16,17)7-3-13-4-14(7)13/h3H,2,4H2,1H3,(H,11,12,15). The van der Waals surface area contributed by atoms with Crippen molar-refractivity contribution in [2.45, 2.75) is 22.8 Å². The third-order valence-corrected chi connectivity index (χ3v) is 6.33. The van der Waals surface area contributed by atoms with E-state index in [1.807, 2.05) is 0 Å². The highest BCUT2D eigenvalue weighted by Crippen LogP contribution is 2.35. The zero-order valence-corrected chi connectivity index (χ0v) is 12.1. The van der Waals surface area contributed by atoms with Crippen LogP contribution in [0.2, 0.25) is 0 Å². The van der Waals surface area contributed by atoms with Gasteiger partial charge in [0.2, 0.25) is 15.7 Å². The highest BCUT2D eigenvalue weighted by atomic mass is 35.5. The van der Waals surface area contributed by atoms with E-state index in [-0.39, 0.29) is 20.2 Å². The number of nitrogens with one attached hydrogen (secondary N) is 1. The highest BCUT2D eigenvalue weighted by Gasteiger charge is 2.35. The minimum atomic E-state index is -3.55. The molecular formula is C9H9ClN4O3S2. The van der Waals surface area contributed by atoms with E-state index in [0.717, 1.165) is 11.3 Å². The number of halogens is 1. The van der Waals surface area contributed by atoms with Crippen LogP contribution in [0.1, 0.15) is 5.69 Å². The summed E-state index contributed by atoms with van der Waals surface area (Å²) in [4.78, 5) is 15.2. The zero-order chi connectivity index (χ0) is 13.8. The Morgan fingerprint density at radius 1 is 1.63 bits per heavy atom. The van der Waals surface area contributed by atoms with Crippen molar-refractivity contribution in [3.63, 3.8) is 0 Å². The molecule has 1 aliphatic heterocycles. The van der Waals surface area contributed by atoms with Gasteiger partial charge in [0.1, 0.15) is 12.5 Å².